The molecule has 0 unspecified atom stereocenters. The van der Waals surface area contributed by atoms with E-state index in [0.29, 0.717) is 0 Å². The van der Waals surface area contributed by atoms with Crippen LogP contribution < -0.4 is 0 Å². The summed E-state index contributed by atoms with van der Waals surface area (Å²) >= 11 is 0. The van der Waals surface area contributed by atoms with Crippen molar-refractivity contribution in [1.82, 2.24) is 0 Å². The van der Waals surface area contributed by atoms with E-state index in [4.69, 9.17) is 0 Å². The highest BCUT2D eigenvalue weighted by Gasteiger charge is 2.39. The molecule has 0 aromatic rings. The lowest BCUT2D eigenvalue weighted by Crippen LogP contribution is -2.54. The van der Waals surface area contributed by atoms with Gasteiger partial charge in [0.2, 0.25) is 0 Å². The second-order valence-electron chi connectivity index (χ2n) is 7.39. The molecule has 0 spiro atoms. The van der Waals surface area contributed by atoms with Crippen molar-refractivity contribution in [2.24, 2.45) is 0 Å². The van der Waals surface area contributed by atoms with Gasteiger partial charge in [0, 0.05) is 15.2 Å². The quantitative estimate of drug-likeness (QED) is 0.295. The third kappa shape index (κ3) is 7.13. The molecule has 0 aromatic carbocycles. The summed E-state index contributed by atoms with van der Waals surface area (Å²) in [7, 11) is -1.80. The highest BCUT2D eigenvalue weighted by molar-refractivity contribution is 7.40. The van der Waals surface area contributed by atoms with Gasteiger partial charge in [-0.05, 0) is 0 Å². The smallest absolute Gasteiger partial charge is 0.0412 e. The van der Waals surface area contributed by atoms with Crippen LogP contribution in [0.15, 0.2) is 0 Å². The first-order valence-electron chi connectivity index (χ1n) is 8.37. The Morgan fingerprint density at radius 2 is 0.833 bits per heavy atom. The van der Waals surface area contributed by atoms with Crippen molar-refractivity contribution in [2.75, 3.05) is 0 Å². The minimum atomic E-state index is -0.902. The van der Waals surface area contributed by atoms with E-state index in [1.54, 1.807) is 12.1 Å². The Kier molecular flexibility index (Phi) is 9.58. The fourth-order valence-electron chi connectivity index (χ4n) is 2.66. The van der Waals surface area contributed by atoms with Crippen LogP contribution in [0.4, 0.5) is 0 Å². The molecule has 0 heterocycles. The molecule has 0 rings (SSSR count). The highest BCUT2D eigenvalue weighted by atomic mass is 29.3. The molecule has 0 saturated carbocycles. The fraction of sp³-hybridized carbons (Fsp3) is 1.00. The van der Waals surface area contributed by atoms with Crippen LogP contribution >= 0.6 is 0 Å². The fourth-order valence-corrected chi connectivity index (χ4v) is 11.4. The molecule has 0 aliphatic heterocycles. The van der Waals surface area contributed by atoms with Crippen LogP contribution in [0.3, 0.4) is 0 Å². The summed E-state index contributed by atoms with van der Waals surface area (Å²) in [6.07, 6.45) is 11.6. The van der Waals surface area contributed by atoms with Crippen LogP contribution in [-0.4, -0.2) is 15.2 Å². The van der Waals surface area contributed by atoms with E-state index in [0.717, 1.165) is 0 Å². The summed E-state index contributed by atoms with van der Waals surface area (Å²) in [6.45, 7) is 15.4. The van der Waals surface area contributed by atoms with E-state index in [-0.39, 0.29) is 0 Å². The van der Waals surface area contributed by atoms with Crippen molar-refractivity contribution in [3.8, 4) is 0 Å². The summed E-state index contributed by atoms with van der Waals surface area (Å²) in [5.41, 5.74) is 0. The Labute approximate surface area is 119 Å². The monoisotopic (exact) mass is 286 g/mol. The molecule has 0 aliphatic rings. The Morgan fingerprint density at radius 1 is 0.500 bits per heavy atom. The first kappa shape index (κ1) is 18.4. The number of rotatable bonds is 11. The van der Waals surface area contributed by atoms with Crippen molar-refractivity contribution < 1.29 is 0 Å². The lowest BCUT2D eigenvalue weighted by molar-refractivity contribution is 0.694. The lowest BCUT2D eigenvalue weighted by atomic mass is 10.2. The van der Waals surface area contributed by atoms with Gasteiger partial charge in [0.1, 0.15) is 0 Å². The van der Waals surface area contributed by atoms with Crippen LogP contribution in [0.2, 0.25) is 38.3 Å². The normalized spacial score (nSPS) is 13.0. The average Bonchev–Trinajstić information content (AvgIpc) is 2.30. The SMILES string of the molecule is CCCCCC[Si](C)(C)[Si](C)(C)CCCCCC. The third-order valence-electron chi connectivity index (χ3n) is 5.14. The molecule has 0 N–H and O–H groups in total. The second kappa shape index (κ2) is 9.36. The van der Waals surface area contributed by atoms with E-state index >= 15 is 0 Å². The van der Waals surface area contributed by atoms with Gasteiger partial charge in [-0.15, -0.1) is 0 Å². The molecule has 0 saturated heterocycles. The predicted molar refractivity (Wildman–Crippen MR) is 92.9 cm³/mol. The zero-order valence-corrected chi connectivity index (χ0v) is 16.1. The van der Waals surface area contributed by atoms with E-state index in [1.807, 2.05) is 0 Å². The van der Waals surface area contributed by atoms with Crippen molar-refractivity contribution in [2.45, 2.75) is 103 Å². The molecule has 18 heavy (non-hydrogen) atoms. The standard InChI is InChI=1S/C16H38Si2/c1-7-9-11-13-15-17(3,4)18(5,6)16-14-12-10-8-2/h7-16H2,1-6H3. The molecule has 0 aliphatic carbocycles. The van der Waals surface area contributed by atoms with Crippen molar-refractivity contribution in [3.63, 3.8) is 0 Å². The Balaban J connectivity index is 4.02. The molecule has 0 nitrogen and oxygen atoms in total. The molecule has 0 radical (unpaired) electrons. The largest absolute Gasteiger partial charge is 0.0713 e. The van der Waals surface area contributed by atoms with Crippen molar-refractivity contribution in [3.05, 3.63) is 0 Å². The minimum absolute atomic E-state index is 0.902. The summed E-state index contributed by atoms with van der Waals surface area (Å²) in [4.78, 5) is 0. The maximum Gasteiger partial charge on any atom is 0.0412 e. The predicted octanol–water partition coefficient (Wildman–Crippen LogP) is 6.64. The van der Waals surface area contributed by atoms with E-state index in [1.165, 1.54) is 51.4 Å². The van der Waals surface area contributed by atoms with Crippen LogP contribution in [-0.2, 0) is 0 Å². The molecule has 0 bridgehead atoms. The number of hydrogen-bond donors (Lipinski definition) is 0. The summed E-state index contributed by atoms with van der Waals surface area (Å²) < 4.78 is 0. The first-order valence-corrected chi connectivity index (χ1v) is 15.8. The van der Waals surface area contributed by atoms with Gasteiger partial charge in [0.05, 0.1) is 0 Å². The van der Waals surface area contributed by atoms with Crippen molar-refractivity contribution >= 4 is 15.2 Å². The maximum absolute atomic E-state index is 2.69. The molecule has 0 amide bonds. The summed E-state index contributed by atoms with van der Waals surface area (Å²) in [5.74, 6) is 0. The van der Waals surface area contributed by atoms with Gasteiger partial charge in [0.15, 0.2) is 0 Å². The molecule has 0 atom stereocenters. The highest BCUT2D eigenvalue weighted by Crippen LogP contribution is 2.30. The van der Waals surface area contributed by atoms with Crippen LogP contribution in [0.5, 0.6) is 0 Å². The number of unbranched alkanes of at least 4 members (excludes halogenated alkanes) is 6. The van der Waals surface area contributed by atoms with E-state index < -0.39 is 15.2 Å². The van der Waals surface area contributed by atoms with Gasteiger partial charge in [0.25, 0.3) is 0 Å². The zero-order valence-electron chi connectivity index (χ0n) is 14.1. The molecule has 2 heteroatoms. The molecule has 0 fully saturated rings. The summed E-state index contributed by atoms with van der Waals surface area (Å²) in [5, 5.41) is 0. The Bertz CT molecular complexity index is 175. The van der Waals surface area contributed by atoms with E-state index in [2.05, 4.69) is 40.0 Å². The van der Waals surface area contributed by atoms with Gasteiger partial charge >= 0.3 is 0 Å². The second-order valence-corrected chi connectivity index (χ2v) is 24.0. The number of hydrogen-bond acceptors (Lipinski definition) is 0. The Hall–Kier alpha value is 0.434. The Morgan fingerprint density at radius 3 is 1.11 bits per heavy atom. The van der Waals surface area contributed by atoms with Gasteiger partial charge in [-0.25, -0.2) is 0 Å². The third-order valence-corrected chi connectivity index (χ3v) is 24.5. The minimum Gasteiger partial charge on any atom is -0.0713 e. The average molecular weight is 287 g/mol. The first-order chi connectivity index (χ1) is 8.37. The van der Waals surface area contributed by atoms with Crippen LogP contribution in [0, 0.1) is 0 Å². The van der Waals surface area contributed by atoms with Crippen molar-refractivity contribution in [1.29, 1.82) is 0 Å². The lowest BCUT2D eigenvalue weighted by Gasteiger charge is -2.39. The zero-order chi connectivity index (χ0) is 14.1. The molecule has 110 valence electrons. The van der Waals surface area contributed by atoms with Gasteiger partial charge < -0.3 is 0 Å². The maximum atomic E-state index is 2.69. The topological polar surface area (TPSA) is 0 Å². The van der Waals surface area contributed by atoms with Gasteiger partial charge in [-0.3, -0.25) is 0 Å². The molecular formula is C16H38Si2. The van der Waals surface area contributed by atoms with Crippen LogP contribution in [0.1, 0.15) is 65.2 Å². The van der Waals surface area contributed by atoms with Gasteiger partial charge in [-0.1, -0.05) is 103 Å². The summed E-state index contributed by atoms with van der Waals surface area (Å²) in [6, 6.07) is 3.19. The van der Waals surface area contributed by atoms with Gasteiger partial charge in [-0.2, -0.15) is 0 Å². The van der Waals surface area contributed by atoms with E-state index in [9.17, 15) is 0 Å². The molecule has 0 aromatic heterocycles. The van der Waals surface area contributed by atoms with Crippen LogP contribution in [0.25, 0.3) is 0 Å². The molecular weight excluding hydrogens is 248 g/mol.